The number of nitrogens with zero attached hydrogens (tertiary/aromatic N) is 3. The molecule has 1 aliphatic heterocycles. The highest BCUT2D eigenvalue weighted by molar-refractivity contribution is 7.16. The number of benzene rings is 1. The first-order chi connectivity index (χ1) is 14.2. The smallest absolute Gasteiger partial charge is 0.220 e. The summed E-state index contributed by atoms with van der Waals surface area (Å²) in [6.45, 7) is 1.01. The van der Waals surface area contributed by atoms with Crippen LogP contribution in [-0.2, 0) is 0 Å². The Balaban J connectivity index is 1.45. The number of fused-ring (bicyclic) bond motifs is 1. The molecule has 4 rings (SSSR count). The zero-order valence-electron chi connectivity index (χ0n) is 16.1. The molecule has 0 spiro atoms. The van der Waals surface area contributed by atoms with E-state index < -0.39 is 12.8 Å². The van der Waals surface area contributed by atoms with Gasteiger partial charge in [-0.25, -0.2) is 14.4 Å². The monoisotopic (exact) mass is 417 g/mol. The van der Waals surface area contributed by atoms with Crippen LogP contribution in [0.2, 0.25) is 0 Å². The third kappa shape index (κ3) is 4.94. The molecule has 1 unspecified atom stereocenters. The van der Waals surface area contributed by atoms with E-state index in [1.807, 2.05) is 18.3 Å². The van der Waals surface area contributed by atoms with E-state index in [4.69, 9.17) is 14.3 Å². The van der Waals surface area contributed by atoms with E-state index >= 15 is 0 Å². The Labute approximate surface area is 172 Å². The van der Waals surface area contributed by atoms with Crippen LogP contribution in [0.3, 0.4) is 0 Å². The molecule has 0 aliphatic carbocycles. The predicted octanol–water partition coefficient (Wildman–Crippen LogP) is 4.54. The third-order valence-electron chi connectivity index (χ3n) is 4.83. The van der Waals surface area contributed by atoms with Gasteiger partial charge in [0, 0.05) is 36.3 Å². The summed E-state index contributed by atoms with van der Waals surface area (Å²) in [5.41, 5.74) is 1.24. The first kappa shape index (κ1) is 19.8. The second kappa shape index (κ2) is 9.37. The molecule has 0 bridgehead atoms. The molecule has 1 aliphatic rings. The van der Waals surface area contributed by atoms with Gasteiger partial charge < -0.3 is 19.2 Å². The second-order valence-electron chi connectivity index (χ2n) is 7.04. The predicted molar refractivity (Wildman–Crippen MR) is 113 cm³/mol. The number of ether oxygens (including phenoxy) is 1. The number of oxazole rings is 1. The van der Waals surface area contributed by atoms with Crippen LogP contribution in [0.4, 0.5) is 9.52 Å². The topological polar surface area (TPSA) is 71.6 Å². The standard InChI is InChI=1S/C21H24FN3O3S/c22-12-16(14-26)27-15-5-7-18-19(11-15)28-20(24-18)8-6-17-13-23-21(29-17)25-9-3-1-2-4-10-25/h5-8,11,13,16,26H,1-4,9-10,12,14H2/b8-6+. The van der Waals surface area contributed by atoms with Crippen LogP contribution in [-0.4, -0.2) is 47.5 Å². The van der Waals surface area contributed by atoms with E-state index in [0.717, 1.165) is 23.1 Å². The van der Waals surface area contributed by atoms with Gasteiger partial charge in [-0.2, -0.15) is 0 Å². The van der Waals surface area contributed by atoms with Gasteiger partial charge in [0.25, 0.3) is 0 Å². The zero-order valence-corrected chi connectivity index (χ0v) is 16.9. The molecular formula is C21H24FN3O3S. The van der Waals surface area contributed by atoms with Crippen LogP contribution in [0, 0.1) is 0 Å². The van der Waals surface area contributed by atoms with E-state index in [1.54, 1.807) is 29.5 Å². The van der Waals surface area contributed by atoms with Gasteiger partial charge in [0.05, 0.1) is 6.61 Å². The van der Waals surface area contributed by atoms with Crippen molar-refractivity contribution in [1.82, 2.24) is 9.97 Å². The van der Waals surface area contributed by atoms with Crippen LogP contribution in [0.25, 0.3) is 23.3 Å². The summed E-state index contributed by atoms with van der Waals surface area (Å²) in [5.74, 6) is 0.913. The number of hydrogen-bond donors (Lipinski definition) is 1. The molecule has 154 valence electrons. The normalized spacial score (nSPS) is 16.4. The first-order valence-corrected chi connectivity index (χ1v) is 10.7. The lowest BCUT2D eigenvalue weighted by atomic mass is 10.2. The van der Waals surface area contributed by atoms with E-state index in [2.05, 4.69) is 14.9 Å². The van der Waals surface area contributed by atoms with Crippen molar-refractivity contribution in [2.75, 3.05) is 31.3 Å². The van der Waals surface area contributed by atoms with Gasteiger partial charge in [-0.1, -0.05) is 24.2 Å². The Morgan fingerprint density at radius 1 is 1.24 bits per heavy atom. The molecule has 3 heterocycles. The Bertz CT molecular complexity index is 959. The lowest BCUT2D eigenvalue weighted by Crippen LogP contribution is -2.23. The van der Waals surface area contributed by atoms with E-state index in [-0.39, 0.29) is 6.61 Å². The quantitative estimate of drug-likeness (QED) is 0.608. The minimum absolute atomic E-state index is 0.382. The number of thiazole rings is 1. The van der Waals surface area contributed by atoms with Crippen LogP contribution < -0.4 is 9.64 Å². The molecule has 8 heteroatoms. The summed E-state index contributed by atoms with van der Waals surface area (Å²) in [6, 6.07) is 5.10. The van der Waals surface area contributed by atoms with Gasteiger partial charge in [-0.3, -0.25) is 0 Å². The number of alkyl halides is 1. The molecule has 3 aromatic rings. The summed E-state index contributed by atoms with van der Waals surface area (Å²) >= 11 is 1.67. The zero-order chi connectivity index (χ0) is 20.1. The highest BCUT2D eigenvalue weighted by atomic mass is 32.1. The number of aliphatic hydroxyl groups excluding tert-OH is 1. The molecule has 1 fully saturated rings. The molecule has 1 saturated heterocycles. The van der Waals surface area contributed by atoms with E-state index in [1.165, 1.54) is 25.7 Å². The van der Waals surface area contributed by atoms with Crippen molar-refractivity contribution >= 4 is 39.7 Å². The van der Waals surface area contributed by atoms with Crippen molar-refractivity contribution in [1.29, 1.82) is 0 Å². The molecule has 1 N–H and O–H groups in total. The number of halogens is 1. The SMILES string of the molecule is OCC(CF)Oc1ccc2nc(/C=C/c3cnc(N4CCCCCC4)s3)oc2c1. The van der Waals surface area contributed by atoms with Crippen LogP contribution in [0.1, 0.15) is 36.5 Å². The van der Waals surface area contributed by atoms with Crippen LogP contribution >= 0.6 is 11.3 Å². The maximum absolute atomic E-state index is 12.7. The minimum Gasteiger partial charge on any atom is -0.485 e. The Morgan fingerprint density at radius 2 is 2.07 bits per heavy atom. The molecule has 6 nitrogen and oxygen atoms in total. The number of hydrogen-bond acceptors (Lipinski definition) is 7. The van der Waals surface area contributed by atoms with Gasteiger partial charge in [-0.15, -0.1) is 0 Å². The van der Waals surface area contributed by atoms with Crippen molar-refractivity contribution in [3.8, 4) is 5.75 Å². The molecule has 29 heavy (non-hydrogen) atoms. The molecule has 0 amide bonds. The number of anilines is 1. The van der Waals surface area contributed by atoms with Gasteiger partial charge in [-0.05, 0) is 31.1 Å². The van der Waals surface area contributed by atoms with Crippen molar-refractivity contribution in [2.24, 2.45) is 0 Å². The minimum atomic E-state index is -0.875. The number of aliphatic hydroxyl groups is 1. The lowest BCUT2D eigenvalue weighted by molar-refractivity contribution is 0.0932. The van der Waals surface area contributed by atoms with Gasteiger partial charge in [0.15, 0.2) is 10.7 Å². The number of aromatic nitrogens is 2. The molecule has 2 aromatic heterocycles. The fourth-order valence-electron chi connectivity index (χ4n) is 3.29. The first-order valence-electron chi connectivity index (χ1n) is 9.88. The van der Waals surface area contributed by atoms with E-state index in [0.29, 0.717) is 22.7 Å². The maximum Gasteiger partial charge on any atom is 0.220 e. The Morgan fingerprint density at radius 3 is 2.83 bits per heavy atom. The molecule has 1 aromatic carbocycles. The van der Waals surface area contributed by atoms with Gasteiger partial charge >= 0.3 is 0 Å². The Hall–Kier alpha value is -2.45. The van der Waals surface area contributed by atoms with Crippen molar-refractivity contribution in [3.05, 3.63) is 35.2 Å². The van der Waals surface area contributed by atoms with Crippen molar-refractivity contribution in [2.45, 2.75) is 31.8 Å². The number of rotatable bonds is 7. The Kier molecular flexibility index (Phi) is 6.41. The molecule has 0 saturated carbocycles. The summed E-state index contributed by atoms with van der Waals surface area (Å²) < 4.78 is 23.9. The molecule has 0 radical (unpaired) electrons. The van der Waals surface area contributed by atoms with E-state index in [9.17, 15) is 4.39 Å². The summed E-state index contributed by atoms with van der Waals surface area (Å²) in [4.78, 5) is 12.4. The average Bonchev–Trinajstić information content (AvgIpc) is 3.28. The summed E-state index contributed by atoms with van der Waals surface area (Å²) in [6.07, 6.45) is 9.82. The summed E-state index contributed by atoms with van der Waals surface area (Å²) in [7, 11) is 0. The largest absolute Gasteiger partial charge is 0.485 e. The van der Waals surface area contributed by atoms with Crippen LogP contribution in [0.5, 0.6) is 5.75 Å². The lowest BCUT2D eigenvalue weighted by Gasteiger charge is -2.18. The molecule has 1 atom stereocenters. The summed E-state index contributed by atoms with van der Waals surface area (Å²) in [5, 5.41) is 10.1. The highest BCUT2D eigenvalue weighted by Gasteiger charge is 2.13. The average molecular weight is 418 g/mol. The molecular weight excluding hydrogens is 393 g/mol. The second-order valence-corrected chi connectivity index (χ2v) is 8.08. The van der Waals surface area contributed by atoms with Crippen molar-refractivity contribution < 1.29 is 18.7 Å². The van der Waals surface area contributed by atoms with Gasteiger partial charge in [0.2, 0.25) is 5.89 Å². The highest BCUT2D eigenvalue weighted by Crippen LogP contribution is 2.27. The fraction of sp³-hybridized carbons (Fsp3) is 0.429. The fourth-order valence-corrected chi connectivity index (χ4v) is 4.16. The maximum atomic E-state index is 12.7. The van der Waals surface area contributed by atoms with Crippen LogP contribution in [0.15, 0.2) is 28.8 Å². The van der Waals surface area contributed by atoms with Gasteiger partial charge in [0.1, 0.15) is 24.0 Å². The third-order valence-corrected chi connectivity index (χ3v) is 5.86. The van der Waals surface area contributed by atoms with Crippen molar-refractivity contribution in [3.63, 3.8) is 0 Å².